The highest BCUT2D eigenvalue weighted by Crippen LogP contribution is 2.31. The highest BCUT2D eigenvalue weighted by molar-refractivity contribution is 5.93. The van der Waals surface area contributed by atoms with E-state index in [1.54, 1.807) is 24.3 Å². The van der Waals surface area contributed by atoms with Crippen molar-refractivity contribution >= 4 is 11.9 Å². The molecule has 0 radical (unpaired) electrons. The van der Waals surface area contributed by atoms with E-state index in [-0.39, 0.29) is 24.4 Å². The van der Waals surface area contributed by atoms with E-state index < -0.39 is 11.9 Å². The number of aromatic nitrogens is 3. The molecule has 2 N–H and O–H groups in total. The Kier molecular flexibility index (Phi) is 4.17. The number of ether oxygens (including phenoxy) is 1. The summed E-state index contributed by atoms with van der Waals surface area (Å²) < 4.78 is 6.47. The number of aromatic carboxylic acids is 1. The third-order valence-corrected chi connectivity index (χ3v) is 2.84. The molecule has 0 aliphatic heterocycles. The Balaban J connectivity index is 2.55. The van der Waals surface area contributed by atoms with Crippen molar-refractivity contribution in [1.82, 2.24) is 15.0 Å². The molecule has 0 amide bonds. The Hall–Kier alpha value is -2.90. The minimum absolute atomic E-state index is 0.0169. The Morgan fingerprint density at radius 2 is 2.00 bits per heavy atom. The predicted molar refractivity (Wildman–Crippen MR) is 71.2 cm³/mol. The number of rotatable bonds is 6. The number of nitrogens with zero attached hydrogens (tertiary/aromatic N) is 3. The van der Waals surface area contributed by atoms with Gasteiger partial charge in [-0.05, 0) is 12.1 Å². The molecule has 1 heterocycles. The minimum Gasteiger partial charge on any atom is -0.496 e. The lowest BCUT2D eigenvalue weighted by Gasteiger charge is -2.10. The normalized spacial score (nSPS) is 10.3. The number of hydrogen-bond donors (Lipinski definition) is 2. The standard InChI is InChI=1S/C13H13N3O5/c1-21-9-5-3-2-4-8(9)12-11(13(19)20)14-15-16(12)7-6-10(17)18/h2-5H,6-7H2,1H3,(H,17,18)(H,19,20). The van der Waals surface area contributed by atoms with Gasteiger partial charge < -0.3 is 14.9 Å². The van der Waals surface area contributed by atoms with Crippen LogP contribution < -0.4 is 4.74 Å². The maximum Gasteiger partial charge on any atom is 0.358 e. The summed E-state index contributed by atoms with van der Waals surface area (Å²) in [6.07, 6.45) is -0.190. The molecule has 2 rings (SSSR count). The lowest BCUT2D eigenvalue weighted by molar-refractivity contribution is -0.137. The number of carbonyl (C=O) groups is 2. The van der Waals surface area contributed by atoms with Gasteiger partial charge in [-0.1, -0.05) is 17.3 Å². The molecule has 8 nitrogen and oxygen atoms in total. The number of carboxylic acid groups (broad SMARTS) is 2. The third kappa shape index (κ3) is 2.99. The fourth-order valence-electron chi connectivity index (χ4n) is 1.92. The van der Waals surface area contributed by atoms with Crippen LogP contribution >= 0.6 is 0 Å². The molecule has 0 spiro atoms. The van der Waals surface area contributed by atoms with Crippen LogP contribution in [0.15, 0.2) is 24.3 Å². The summed E-state index contributed by atoms with van der Waals surface area (Å²) in [6.45, 7) is 0.0169. The van der Waals surface area contributed by atoms with Gasteiger partial charge in [-0.2, -0.15) is 0 Å². The van der Waals surface area contributed by atoms with Crippen molar-refractivity contribution in [2.75, 3.05) is 7.11 Å². The lowest BCUT2D eigenvalue weighted by Crippen LogP contribution is -2.09. The topological polar surface area (TPSA) is 115 Å². The van der Waals surface area contributed by atoms with Gasteiger partial charge in [-0.25, -0.2) is 9.48 Å². The second kappa shape index (κ2) is 6.04. The van der Waals surface area contributed by atoms with Crippen LogP contribution in [0.4, 0.5) is 0 Å². The number of benzene rings is 1. The average Bonchev–Trinajstić information content (AvgIpc) is 2.88. The van der Waals surface area contributed by atoms with Crippen LogP contribution in [0.5, 0.6) is 5.75 Å². The lowest BCUT2D eigenvalue weighted by atomic mass is 10.1. The molecule has 2 aromatic rings. The van der Waals surface area contributed by atoms with E-state index in [9.17, 15) is 14.7 Å². The maximum atomic E-state index is 11.3. The SMILES string of the molecule is COc1ccccc1-c1c(C(=O)O)nnn1CCC(=O)O. The number of methoxy groups -OCH3 is 1. The fourth-order valence-corrected chi connectivity index (χ4v) is 1.92. The Morgan fingerprint density at radius 3 is 2.62 bits per heavy atom. The van der Waals surface area contributed by atoms with Crippen LogP contribution in [0.2, 0.25) is 0 Å². The van der Waals surface area contributed by atoms with Crippen molar-refractivity contribution in [3.8, 4) is 17.0 Å². The van der Waals surface area contributed by atoms with E-state index in [0.29, 0.717) is 11.3 Å². The van der Waals surface area contributed by atoms with E-state index in [1.807, 2.05) is 0 Å². The van der Waals surface area contributed by atoms with Gasteiger partial charge in [0.2, 0.25) is 0 Å². The number of carboxylic acids is 2. The zero-order valence-corrected chi connectivity index (χ0v) is 11.2. The first-order valence-corrected chi connectivity index (χ1v) is 6.06. The molecule has 0 saturated carbocycles. The van der Waals surface area contributed by atoms with Crippen LogP contribution in [0.3, 0.4) is 0 Å². The predicted octanol–water partition coefficient (Wildman–Crippen LogP) is 1.13. The van der Waals surface area contributed by atoms with Crippen LogP contribution in [0.1, 0.15) is 16.9 Å². The molecule has 0 aliphatic carbocycles. The second-order valence-corrected chi connectivity index (χ2v) is 4.16. The van der Waals surface area contributed by atoms with Crippen molar-refractivity contribution in [3.05, 3.63) is 30.0 Å². The zero-order chi connectivity index (χ0) is 15.4. The number of para-hydroxylation sites is 1. The smallest absolute Gasteiger partial charge is 0.358 e. The quantitative estimate of drug-likeness (QED) is 0.819. The van der Waals surface area contributed by atoms with Gasteiger partial charge in [0.25, 0.3) is 0 Å². The third-order valence-electron chi connectivity index (χ3n) is 2.84. The molecule has 1 aromatic carbocycles. The maximum absolute atomic E-state index is 11.3. The van der Waals surface area contributed by atoms with Crippen LogP contribution in [0, 0.1) is 0 Å². The van der Waals surface area contributed by atoms with Crippen LogP contribution in [-0.4, -0.2) is 44.3 Å². The molecule has 8 heteroatoms. The molecule has 1 aromatic heterocycles. The van der Waals surface area contributed by atoms with Crippen LogP contribution in [0.25, 0.3) is 11.3 Å². The van der Waals surface area contributed by atoms with E-state index in [0.717, 1.165) is 0 Å². The Bertz CT molecular complexity index is 680. The summed E-state index contributed by atoms with van der Waals surface area (Å²) in [7, 11) is 1.46. The molecule has 0 fully saturated rings. The monoisotopic (exact) mass is 291 g/mol. The van der Waals surface area contributed by atoms with E-state index >= 15 is 0 Å². The molecular formula is C13H13N3O5. The van der Waals surface area contributed by atoms with E-state index in [2.05, 4.69) is 10.3 Å². The average molecular weight is 291 g/mol. The zero-order valence-electron chi connectivity index (χ0n) is 11.2. The van der Waals surface area contributed by atoms with Crippen LogP contribution in [-0.2, 0) is 11.3 Å². The number of aryl methyl sites for hydroxylation is 1. The summed E-state index contributed by atoms with van der Waals surface area (Å²) in [5, 5.41) is 25.3. The molecule has 0 bridgehead atoms. The largest absolute Gasteiger partial charge is 0.496 e. The van der Waals surface area contributed by atoms with Gasteiger partial charge in [-0.15, -0.1) is 5.10 Å². The van der Waals surface area contributed by atoms with E-state index in [4.69, 9.17) is 9.84 Å². The summed E-state index contributed by atoms with van der Waals surface area (Å²) >= 11 is 0. The first kappa shape index (κ1) is 14.5. The molecule has 21 heavy (non-hydrogen) atoms. The number of hydrogen-bond acceptors (Lipinski definition) is 5. The van der Waals surface area contributed by atoms with E-state index in [1.165, 1.54) is 11.8 Å². The van der Waals surface area contributed by atoms with Gasteiger partial charge in [0.1, 0.15) is 11.4 Å². The van der Waals surface area contributed by atoms with Gasteiger partial charge >= 0.3 is 11.9 Å². The molecule has 0 aliphatic rings. The second-order valence-electron chi connectivity index (χ2n) is 4.16. The van der Waals surface area contributed by atoms with Crippen molar-refractivity contribution in [2.24, 2.45) is 0 Å². The Morgan fingerprint density at radius 1 is 1.29 bits per heavy atom. The van der Waals surface area contributed by atoms with Crippen molar-refractivity contribution in [1.29, 1.82) is 0 Å². The van der Waals surface area contributed by atoms with Gasteiger partial charge in [-0.3, -0.25) is 4.79 Å². The fraction of sp³-hybridized carbons (Fsp3) is 0.231. The summed E-state index contributed by atoms with van der Waals surface area (Å²) in [5.41, 5.74) is 0.471. The molecule has 0 saturated heterocycles. The summed E-state index contributed by atoms with van der Waals surface area (Å²) in [4.78, 5) is 22.0. The van der Waals surface area contributed by atoms with Crippen molar-refractivity contribution < 1.29 is 24.5 Å². The number of aliphatic carboxylic acids is 1. The first-order valence-electron chi connectivity index (χ1n) is 6.06. The molecule has 0 atom stereocenters. The van der Waals surface area contributed by atoms with Gasteiger partial charge in [0.15, 0.2) is 5.69 Å². The Labute approximate surface area is 119 Å². The minimum atomic E-state index is -1.24. The molecule has 0 unspecified atom stereocenters. The van der Waals surface area contributed by atoms with Gasteiger partial charge in [0, 0.05) is 5.56 Å². The first-order chi connectivity index (χ1) is 10.0. The molecule has 110 valence electrons. The van der Waals surface area contributed by atoms with Gasteiger partial charge in [0.05, 0.1) is 20.1 Å². The highest BCUT2D eigenvalue weighted by Gasteiger charge is 2.23. The highest BCUT2D eigenvalue weighted by atomic mass is 16.5. The van der Waals surface area contributed by atoms with Crippen molar-refractivity contribution in [3.63, 3.8) is 0 Å². The molecular weight excluding hydrogens is 278 g/mol. The van der Waals surface area contributed by atoms with Crippen molar-refractivity contribution in [2.45, 2.75) is 13.0 Å². The summed E-state index contributed by atoms with van der Waals surface area (Å²) in [6, 6.07) is 6.81. The summed E-state index contributed by atoms with van der Waals surface area (Å²) in [5.74, 6) is -1.79.